The summed E-state index contributed by atoms with van der Waals surface area (Å²) in [6, 6.07) is 8.33. The zero-order valence-electron chi connectivity index (χ0n) is 24.6. The number of nitrogens with zero attached hydrogens (tertiary/aromatic N) is 5. The number of carboxylic acids is 1. The summed E-state index contributed by atoms with van der Waals surface area (Å²) >= 11 is 0. The molecule has 3 aromatic heterocycles. The predicted molar refractivity (Wildman–Crippen MR) is 148 cm³/mol. The van der Waals surface area contributed by atoms with Gasteiger partial charge in [-0.3, -0.25) is 29.4 Å². The van der Waals surface area contributed by atoms with Crippen molar-refractivity contribution in [2.24, 2.45) is 10.8 Å². The molecule has 0 amide bonds. The number of hydrogen-bond donors (Lipinski definition) is 2. The number of esters is 1. The molecule has 0 unspecified atom stereocenters. The maximum absolute atomic E-state index is 14.4. The van der Waals surface area contributed by atoms with Crippen molar-refractivity contribution < 1.29 is 43.3 Å². The molecule has 0 radical (unpaired) electrons. The van der Waals surface area contributed by atoms with Gasteiger partial charge in [0.15, 0.2) is 17.0 Å². The Morgan fingerprint density at radius 1 is 0.930 bits per heavy atom. The highest BCUT2D eigenvalue weighted by atomic mass is 16.5. The molecule has 4 bridgehead atoms. The standard InChI is InChI=1S/C30H33N5O8/c1-33-24(22-13-20(41-3)7-10-32-22)29(27(38)43-5)17-34(15-18-12-19(40-2)6-9-31-18)16-28(26(36)37)25(33)23-14-21(42-4)8-11-35(23)30(28,29)39/h6-14,24-25,39H,15-17H2,1-5H3/p+1/t24-,25-,28-,29+,30-/m1/s1. The van der Waals surface area contributed by atoms with Crippen LogP contribution in [0.15, 0.2) is 55.0 Å². The van der Waals surface area contributed by atoms with Crippen LogP contribution >= 0.6 is 0 Å². The molecule has 226 valence electrons. The molecule has 3 aliphatic rings. The first-order valence-corrected chi connectivity index (χ1v) is 13.7. The summed E-state index contributed by atoms with van der Waals surface area (Å²) in [6.45, 7) is -0.00299. The van der Waals surface area contributed by atoms with Crippen molar-refractivity contribution in [1.82, 2.24) is 19.8 Å². The Morgan fingerprint density at radius 2 is 1.56 bits per heavy atom. The van der Waals surface area contributed by atoms with Crippen LogP contribution in [0.25, 0.3) is 0 Å². The minimum Gasteiger partial charge on any atom is -0.497 e. The third-order valence-electron chi connectivity index (χ3n) is 9.37. The molecule has 0 aliphatic carbocycles. The van der Waals surface area contributed by atoms with Crippen molar-refractivity contribution in [3.8, 4) is 17.2 Å². The fourth-order valence-corrected chi connectivity index (χ4v) is 7.81. The molecular weight excluding hydrogens is 558 g/mol. The van der Waals surface area contributed by atoms with Crippen molar-refractivity contribution in [1.29, 1.82) is 0 Å². The topological polar surface area (TPSA) is 148 Å². The van der Waals surface area contributed by atoms with E-state index in [1.807, 2.05) is 9.80 Å². The molecule has 13 nitrogen and oxygen atoms in total. The lowest BCUT2D eigenvalue weighted by Crippen LogP contribution is -2.84. The van der Waals surface area contributed by atoms with Gasteiger partial charge in [0, 0.05) is 56.3 Å². The highest BCUT2D eigenvalue weighted by molar-refractivity contribution is 5.86. The lowest BCUT2D eigenvalue weighted by Gasteiger charge is -2.61. The Bertz CT molecular complexity index is 1600. The fourth-order valence-electron chi connectivity index (χ4n) is 7.81. The van der Waals surface area contributed by atoms with Crippen LogP contribution in [0, 0.1) is 10.8 Å². The van der Waals surface area contributed by atoms with E-state index < -0.39 is 40.6 Å². The van der Waals surface area contributed by atoms with Gasteiger partial charge in [0.05, 0.1) is 45.9 Å². The number of fused-ring (bicyclic) bond motifs is 2. The van der Waals surface area contributed by atoms with Gasteiger partial charge in [-0.2, -0.15) is 4.57 Å². The number of carboxylic acid groups (broad SMARTS) is 1. The van der Waals surface area contributed by atoms with E-state index >= 15 is 0 Å². The summed E-state index contributed by atoms with van der Waals surface area (Å²) in [5.41, 5.74) is -4.61. The summed E-state index contributed by atoms with van der Waals surface area (Å²) in [5, 5.41) is 24.4. The molecule has 3 aliphatic heterocycles. The van der Waals surface area contributed by atoms with Gasteiger partial charge < -0.3 is 29.2 Å². The molecule has 6 rings (SSSR count). The zero-order chi connectivity index (χ0) is 30.7. The minimum atomic E-state index is -2.29. The SMILES string of the molecule is COC(=O)[C@@]12CN(Cc3cc(OC)ccn3)C[C@]3(C(=O)O)[C@@H](c4cc(OC)cc[n+]4[C@@]31O)N(C)[C@@H]2c1cc(OC)ccn1. The van der Waals surface area contributed by atoms with Crippen LogP contribution in [-0.2, 0) is 26.6 Å². The Balaban J connectivity index is 1.67. The largest absolute Gasteiger partial charge is 0.497 e. The second-order valence-corrected chi connectivity index (χ2v) is 11.2. The average molecular weight is 593 g/mol. The summed E-state index contributed by atoms with van der Waals surface area (Å²) in [4.78, 5) is 40.9. The number of methoxy groups -OCH3 is 4. The van der Waals surface area contributed by atoms with Crippen LogP contribution in [0.2, 0.25) is 0 Å². The zero-order valence-corrected chi connectivity index (χ0v) is 24.6. The fraction of sp³-hybridized carbons (Fsp3) is 0.433. The van der Waals surface area contributed by atoms with Crippen LogP contribution in [0.3, 0.4) is 0 Å². The van der Waals surface area contributed by atoms with E-state index in [0.29, 0.717) is 34.3 Å². The first-order chi connectivity index (χ1) is 20.6. The molecule has 0 spiro atoms. The minimum absolute atomic E-state index is 0.0802. The number of pyridine rings is 3. The van der Waals surface area contributed by atoms with Gasteiger partial charge >= 0.3 is 17.7 Å². The first-order valence-electron chi connectivity index (χ1n) is 13.7. The Labute approximate surface area is 248 Å². The number of carbonyl (C=O) groups excluding carboxylic acids is 1. The van der Waals surface area contributed by atoms with Crippen LogP contribution in [0.1, 0.15) is 29.2 Å². The van der Waals surface area contributed by atoms with Gasteiger partial charge in [0.1, 0.15) is 23.3 Å². The third-order valence-corrected chi connectivity index (χ3v) is 9.37. The highest BCUT2D eigenvalue weighted by Crippen LogP contribution is 2.70. The lowest BCUT2D eigenvalue weighted by molar-refractivity contribution is -0.827. The lowest BCUT2D eigenvalue weighted by atomic mass is 9.51. The Morgan fingerprint density at radius 3 is 2.21 bits per heavy atom. The maximum Gasteiger partial charge on any atom is 0.325 e. The average Bonchev–Trinajstić information content (AvgIpc) is 3.21. The van der Waals surface area contributed by atoms with Crippen LogP contribution in [0.5, 0.6) is 17.2 Å². The van der Waals surface area contributed by atoms with Crippen molar-refractivity contribution in [2.75, 3.05) is 48.6 Å². The Hall–Kier alpha value is -4.33. The number of rotatable bonds is 8. The number of aliphatic hydroxyl groups is 1. The molecule has 0 saturated carbocycles. The van der Waals surface area contributed by atoms with E-state index in [0.717, 1.165) is 0 Å². The summed E-state index contributed by atoms with van der Waals surface area (Å²) in [7, 11) is 7.57. The Kier molecular flexibility index (Phi) is 6.79. The second-order valence-electron chi connectivity index (χ2n) is 11.2. The first kappa shape index (κ1) is 28.8. The van der Waals surface area contributed by atoms with Crippen molar-refractivity contribution >= 4 is 11.9 Å². The summed E-state index contributed by atoms with van der Waals surface area (Å²) in [6.07, 6.45) is 4.74. The van der Waals surface area contributed by atoms with E-state index in [9.17, 15) is 19.8 Å². The van der Waals surface area contributed by atoms with E-state index in [4.69, 9.17) is 18.9 Å². The van der Waals surface area contributed by atoms with Gasteiger partial charge in [0.2, 0.25) is 5.69 Å². The highest BCUT2D eigenvalue weighted by Gasteiger charge is 2.91. The molecule has 6 heterocycles. The van der Waals surface area contributed by atoms with Gasteiger partial charge in [0.25, 0.3) is 0 Å². The molecule has 2 fully saturated rings. The molecule has 2 N–H and O–H groups in total. The van der Waals surface area contributed by atoms with E-state index in [1.54, 1.807) is 69.1 Å². The van der Waals surface area contributed by atoms with E-state index in [2.05, 4.69) is 9.97 Å². The van der Waals surface area contributed by atoms with Crippen molar-refractivity contribution in [3.63, 3.8) is 0 Å². The number of carbonyl (C=O) groups is 2. The van der Waals surface area contributed by atoms with E-state index in [-0.39, 0.29) is 19.6 Å². The molecule has 3 aromatic rings. The summed E-state index contributed by atoms with van der Waals surface area (Å²) in [5.74, 6) is -0.479. The number of piperidine rings is 2. The number of hydrogen-bond acceptors (Lipinski definition) is 11. The van der Waals surface area contributed by atoms with Gasteiger partial charge in [-0.1, -0.05) is 0 Å². The van der Waals surface area contributed by atoms with Gasteiger partial charge in [-0.05, 0) is 19.2 Å². The predicted octanol–water partition coefficient (Wildman–Crippen LogP) is 0.923. The van der Waals surface area contributed by atoms with Crippen LogP contribution < -0.4 is 18.8 Å². The van der Waals surface area contributed by atoms with E-state index in [1.165, 1.54) is 25.9 Å². The van der Waals surface area contributed by atoms with Gasteiger partial charge in [-0.25, -0.2) is 0 Å². The summed E-state index contributed by atoms with van der Waals surface area (Å²) < 4.78 is 23.4. The monoisotopic (exact) mass is 592 g/mol. The number of aromatic nitrogens is 3. The van der Waals surface area contributed by atoms with Crippen molar-refractivity contribution in [3.05, 3.63) is 72.1 Å². The molecule has 5 atom stereocenters. The van der Waals surface area contributed by atoms with Crippen molar-refractivity contribution in [2.45, 2.75) is 24.4 Å². The van der Waals surface area contributed by atoms with Gasteiger partial charge in [-0.15, -0.1) is 0 Å². The molecule has 13 heteroatoms. The molecule has 43 heavy (non-hydrogen) atoms. The number of ether oxygens (including phenoxy) is 4. The second kappa shape index (κ2) is 10.1. The third kappa shape index (κ3) is 3.65. The quantitative estimate of drug-likeness (QED) is 0.283. The van der Waals surface area contributed by atoms with Crippen LogP contribution in [0.4, 0.5) is 0 Å². The maximum atomic E-state index is 14.4. The molecular formula is C30H34N5O8+. The van der Waals surface area contributed by atoms with Crippen LogP contribution in [-0.4, -0.2) is 90.5 Å². The number of aliphatic carboxylic acids is 1. The normalized spacial score (nSPS) is 29.4. The smallest absolute Gasteiger partial charge is 0.325 e. The number of likely N-dealkylation sites (tertiary alicyclic amines) is 2. The molecule has 2 saturated heterocycles. The molecule has 0 aromatic carbocycles.